The maximum Gasteiger partial charge on any atom is 0.124 e. The number of hydrogen-bond acceptors (Lipinski definition) is 2. The fourth-order valence-corrected chi connectivity index (χ4v) is 2.10. The van der Waals surface area contributed by atoms with Crippen molar-refractivity contribution in [2.75, 3.05) is 0 Å². The van der Waals surface area contributed by atoms with Crippen LogP contribution in [-0.2, 0) is 6.61 Å². The van der Waals surface area contributed by atoms with Crippen molar-refractivity contribution in [1.29, 1.82) is 5.41 Å². The largest absolute Gasteiger partial charge is 0.489 e. The molecule has 5 heteroatoms. The highest BCUT2D eigenvalue weighted by Crippen LogP contribution is 2.18. The second kappa shape index (κ2) is 5.84. The molecule has 0 fully saturated rings. The Morgan fingerprint density at radius 3 is 2.47 bits per heavy atom. The summed E-state index contributed by atoms with van der Waals surface area (Å²) in [5, 5.41) is 7.28. The average Bonchev–Trinajstić information content (AvgIpc) is 2.36. The minimum atomic E-state index is -0.306. The number of amidine groups is 1. The Balaban J connectivity index is 2.03. The summed E-state index contributed by atoms with van der Waals surface area (Å²) in [6.07, 6.45) is 0. The Morgan fingerprint density at radius 2 is 1.89 bits per heavy atom. The summed E-state index contributed by atoms with van der Waals surface area (Å²) >= 11 is 3.23. The van der Waals surface area contributed by atoms with Gasteiger partial charge >= 0.3 is 0 Å². The molecule has 0 bridgehead atoms. The molecule has 2 aromatic rings. The first-order chi connectivity index (χ1) is 9.04. The van der Waals surface area contributed by atoms with Crippen LogP contribution < -0.4 is 10.5 Å². The van der Waals surface area contributed by atoms with Gasteiger partial charge in [-0.25, -0.2) is 4.39 Å². The number of benzene rings is 2. The summed E-state index contributed by atoms with van der Waals surface area (Å²) < 4.78 is 19.4. The lowest BCUT2D eigenvalue weighted by molar-refractivity contribution is 0.305. The van der Waals surface area contributed by atoms with Crippen molar-refractivity contribution < 1.29 is 9.13 Å². The third-order valence-corrected chi connectivity index (χ3v) is 2.95. The molecule has 0 saturated heterocycles. The first-order valence-electron chi connectivity index (χ1n) is 5.57. The van der Waals surface area contributed by atoms with Crippen LogP contribution in [0.25, 0.3) is 0 Å². The number of ether oxygens (including phenoxy) is 1. The molecule has 0 amide bonds. The van der Waals surface area contributed by atoms with E-state index in [1.54, 1.807) is 30.3 Å². The topological polar surface area (TPSA) is 59.1 Å². The SMILES string of the molecule is N=C(N)c1ccc(OCc2cc(F)cc(Br)c2)cc1. The van der Waals surface area contributed by atoms with Crippen molar-refractivity contribution in [3.05, 3.63) is 63.9 Å². The molecular formula is C14H12BrFN2O. The molecule has 0 aliphatic carbocycles. The Morgan fingerprint density at radius 1 is 1.21 bits per heavy atom. The zero-order valence-electron chi connectivity index (χ0n) is 9.99. The monoisotopic (exact) mass is 322 g/mol. The van der Waals surface area contributed by atoms with Crippen LogP contribution in [-0.4, -0.2) is 5.84 Å². The molecule has 98 valence electrons. The smallest absolute Gasteiger partial charge is 0.124 e. The molecule has 0 unspecified atom stereocenters. The highest BCUT2D eigenvalue weighted by atomic mass is 79.9. The van der Waals surface area contributed by atoms with E-state index in [1.807, 2.05) is 0 Å². The molecule has 0 heterocycles. The molecule has 0 aliphatic heterocycles. The van der Waals surface area contributed by atoms with E-state index >= 15 is 0 Å². The standard InChI is InChI=1S/C14H12BrFN2O/c15-11-5-9(6-12(16)7-11)8-19-13-3-1-10(2-4-13)14(17)18/h1-7H,8H2,(H3,17,18). The first-order valence-corrected chi connectivity index (χ1v) is 6.36. The zero-order valence-corrected chi connectivity index (χ0v) is 11.6. The van der Waals surface area contributed by atoms with Gasteiger partial charge in [0.05, 0.1) is 0 Å². The van der Waals surface area contributed by atoms with Gasteiger partial charge in [-0.2, -0.15) is 0 Å². The molecule has 0 aliphatic rings. The van der Waals surface area contributed by atoms with Crippen LogP contribution in [0.15, 0.2) is 46.9 Å². The van der Waals surface area contributed by atoms with Crippen molar-refractivity contribution in [3.8, 4) is 5.75 Å². The molecule has 2 rings (SSSR count). The van der Waals surface area contributed by atoms with E-state index in [0.29, 0.717) is 15.8 Å². The van der Waals surface area contributed by atoms with Gasteiger partial charge in [-0.05, 0) is 48.0 Å². The van der Waals surface area contributed by atoms with Crippen molar-refractivity contribution in [2.24, 2.45) is 5.73 Å². The van der Waals surface area contributed by atoms with Gasteiger partial charge < -0.3 is 10.5 Å². The van der Waals surface area contributed by atoms with Gasteiger partial charge in [0, 0.05) is 10.0 Å². The predicted molar refractivity (Wildman–Crippen MR) is 75.9 cm³/mol. The zero-order chi connectivity index (χ0) is 13.8. The molecule has 0 saturated carbocycles. The van der Waals surface area contributed by atoms with E-state index in [9.17, 15) is 4.39 Å². The Hall–Kier alpha value is -1.88. The second-order valence-corrected chi connectivity index (χ2v) is 4.92. The first kappa shape index (κ1) is 13.5. The average molecular weight is 323 g/mol. The van der Waals surface area contributed by atoms with E-state index < -0.39 is 0 Å². The minimum Gasteiger partial charge on any atom is -0.489 e. The Kier molecular flexibility index (Phi) is 4.16. The van der Waals surface area contributed by atoms with Crippen molar-refractivity contribution >= 4 is 21.8 Å². The van der Waals surface area contributed by atoms with Crippen LogP contribution in [0.4, 0.5) is 4.39 Å². The lowest BCUT2D eigenvalue weighted by Crippen LogP contribution is -2.10. The van der Waals surface area contributed by atoms with Gasteiger partial charge in [-0.15, -0.1) is 0 Å². The number of nitrogens with one attached hydrogen (secondary N) is 1. The van der Waals surface area contributed by atoms with Crippen molar-refractivity contribution in [3.63, 3.8) is 0 Å². The molecule has 3 nitrogen and oxygen atoms in total. The van der Waals surface area contributed by atoms with Gasteiger partial charge in [-0.3, -0.25) is 5.41 Å². The maximum absolute atomic E-state index is 13.2. The molecule has 19 heavy (non-hydrogen) atoms. The number of rotatable bonds is 4. The third-order valence-electron chi connectivity index (χ3n) is 2.49. The molecule has 3 N–H and O–H groups in total. The van der Waals surface area contributed by atoms with Gasteiger partial charge in [-0.1, -0.05) is 15.9 Å². The highest BCUT2D eigenvalue weighted by Gasteiger charge is 2.01. The molecular weight excluding hydrogens is 311 g/mol. The van der Waals surface area contributed by atoms with Crippen molar-refractivity contribution in [1.82, 2.24) is 0 Å². The summed E-state index contributed by atoms with van der Waals surface area (Å²) in [6, 6.07) is 11.5. The Labute approximate surface area is 118 Å². The van der Waals surface area contributed by atoms with Crippen LogP contribution in [0.2, 0.25) is 0 Å². The van der Waals surface area contributed by atoms with Crippen LogP contribution >= 0.6 is 15.9 Å². The fraction of sp³-hybridized carbons (Fsp3) is 0.0714. The Bertz CT molecular complexity index is 579. The van der Waals surface area contributed by atoms with E-state index in [-0.39, 0.29) is 18.3 Å². The normalized spacial score (nSPS) is 10.2. The van der Waals surface area contributed by atoms with E-state index in [2.05, 4.69) is 15.9 Å². The van der Waals surface area contributed by atoms with Gasteiger partial charge in [0.25, 0.3) is 0 Å². The number of hydrogen-bond donors (Lipinski definition) is 2. The lowest BCUT2D eigenvalue weighted by atomic mass is 10.2. The summed E-state index contributed by atoms with van der Waals surface area (Å²) in [4.78, 5) is 0. The van der Waals surface area contributed by atoms with Gasteiger partial charge in [0.2, 0.25) is 0 Å². The molecule has 0 atom stereocenters. The maximum atomic E-state index is 13.2. The summed E-state index contributed by atoms with van der Waals surface area (Å²) in [7, 11) is 0. The molecule has 0 aromatic heterocycles. The summed E-state index contributed by atoms with van der Waals surface area (Å²) in [5.74, 6) is 0.353. The van der Waals surface area contributed by atoms with Crippen LogP contribution in [0.1, 0.15) is 11.1 Å². The number of nitrogen functional groups attached to an aromatic ring is 1. The fourth-order valence-electron chi connectivity index (χ4n) is 1.59. The second-order valence-electron chi connectivity index (χ2n) is 4.00. The lowest BCUT2D eigenvalue weighted by Gasteiger charge is -2.07. The summed E-state index contributed by atoms with van der Waals surface area (Å²) in [6.45, 7) is 0.274. The number of nitrogens with two attached hydrogens (primary N) is 1. The molecule has 0 spiro atoms. The van der Waals surface area contributed by atoms with Crippen LogP contribution in [0, 0.1) is 11.2 Å². The quantitative estimate of drug-likeness (QED) is 0.669. The predicted octanol–water partition coefficient (Wildman–Crippen LogP) is 3.45. The summed E-state index contributed by atoms with van der Waals surface area (Å²) in [5.41, 5.74) is 6.74. The van der Waals surface area contributed by atoms with Crippen LogP contribution in [0.3, 0.4) is 0 Å². The van der Waals surface area contributed by atoms with E-state index in [0.717, 1.165) is 5.56 Å². The third kappa shape index (κ3) is 3.79. The van der Waals surface area contributed by atoms with Crippen molar-refractivity contribution in [2.45, 2.75) is 6.61 Å². The van der Waals surface area contributed by atoms with Gasteiger partial charge in [0.1, 0.15) is 24.0 Å². The number of halogens is 2. The van der Waals surface area contributed by atoms with Gasteiger partial charge in [0.15, 0.2) is 0 Å². The van der Waals surface area contributed by atoms with Crippen LogP contribution in [0.5, 0.6) is 5.75 Å². The molecule has 0 radical (unpaired) electrons. The molecule has 2 aromatic carbocycles. The van der Waals surface area contributed by atoms with E-state index in [4.69, 9.17) is 15.9 Å². The highest BCUT2D eigenvalue weighted by molar-refractivity contribution is 9.10. The minimum absolute atomic E-state index is 0.0145. The van der Waals surface area contributed by atoms with E-state index in [1.165, 1.54) is 12.1 Å².